The Morgan fingerprint density at radius 3 is 2.73 bits per heavy atom. The van der Waals surface area contributed by atoms with Crippen LogP contribution in [0.15, 0.2) is 24.3 Å². The van der Waals surface area contributed by atoms with Gasteiger partial charge in [-0.15, -0.1) is 5.10 Å². The van der Waals surface area contributed by atoms with Crippen LogP contribution in [0.2, 0.25) is 5.02 Å². The van der Waals surface area contributed by atoms with Crippen LogP contribution in [0.3, 0.4) is 0 Å². The minimum Gasteiger partial charge on any atom is -0.338 e. The molecule has 0 bridgehead atoms. The van der Waals surface area contributed by atoms with Gasteiger partial charge in [0.25, 0.3) is 5.95 Å². The zero-order chi connectivity index (χ0) is 15.5. The van der Waals surface area contributed by atoms with E-state index in [0.29, 0.717) is 18.4 Å². The van der Waals surface area contributed by atoms with Gasteiger partial charge in [-0.25, -0.2) is 4.79 Å². The first-order valence-electron chi connectivity index (χ1n) is 7.14. The quantitative estimate of drug-likeness (QED) is 0.904. The second-order valence-electron chi connectivity index (χ2n) is 5.52. The third-order valence-electron chi connectivity index (χ3n) is 3.86. The van der Waals surface area contributed by atoms with Gasteiger partial charge in [0, 0.05) is 11.6 Å². The summed E-state index contributed by atoms with van der Waals surface area (Å²) >= 11 is 5.89. The Labute approximate surface area is 133 Å². The average Bonchev–Trinajstić information content (AvgIpc) is 2.84. The number of benzene rings is 1. The molecule has 1 aromatic carbocycles. The van der Waals surface area contributed by atoms with E-state index in [4.69, 9.17) is 11.6 Å². The van der Waals surface area contributed by atoms with E-state index in [1.54, 1.807) is 7.05 Å². The van der Waals surface area contributed by atoms with Crippen molar-refractivity contribution < 1.29 is 4.79 Å². The van der Waals surface area contributed by atoms with Crippen molar-refractivity contribution in [2.24, 2.45) is 13.0 Å². The molecule has 0 spiro atoms. The van der Waals surface area contributed by atoms with Crippen LogP contribution in [-0.2, 0) is 7.05 Å². The fraction of sp³-hybridized carbons (Fsp3) is 0.429. The van der Waals surface area contributed by atoms with Crippen LogP contribution in [0.4, 0.5) is 10.7 Å². The Bertz CT molecular complexity index is 650. The van der Waals surface area contributed by atoms with Gasteiger partial charge >= 0.3 is 6.03 Å². The number of hydrogen-bond acceptors (Lipinski definition) is 4. The number of carbonyl (C=O) groups excluding carboxylic acids is 1. The second-order valence-corrected chi connectivity index (χ2v) is 5.96. The lowest BCUT2D eigenvalue weighted by Gasteiger charge is -2.35. The molecule has 1 aromatic heterocycles. The molecule has 1 aliphatic rings. The summed E-state index contributed by atoms with van der Waals surface area (Å²) in [6.07, 6.45) is 2.15. The highest BCUT2D eigenvalue weighted by Crippen LogP contribution is 2.41. The highest BCUT2D eigenvalue weighted by atomic mass is 35.5. The number of carbonyl (C=O) groups is 1. The Hall–Kier alpha value is -2.15. The van der Waals surface area contributed by atoms with Crippen LogP contribution in [0.5, 0.6) is 0 Å². The van der Waals surface area contributed by atoms with E-state index in [1.807, 2.05) is 12.1 Å². The molecule has 1 fully saturated rings. The molecule has 2 aromatic rings. The van der Waals surface area contributed by atoms with Gasteiger partial charge in [0.1, 0.15) is 0 Å². The second kappa shape index (κ2) is 6.31. The number of nitrogens with zero attached hydrogens (tertiary/aromatic N) is 4. The normalized spacial score (nSPS) is 20.3. The van der Waals surface area contributed by atoms with Crippen LogP contribution in [0.25, 0.3) is 0 Å². The molecule has 116 valence electrons. The number of hydrogen-bond donors (Lipinski definition) is 2. The molecule has 0 unspecified atom stereocenters. The molecule has 3 rings (SSSR count). The summed E-state index contributed by atoms with van der Waals surface area (Å²) in [5.74, 6) is 1.27. The van der Waals surface area contributed by atoms with E-state index in [9.17, 15) is 4.79 Å². The van der Waals surface area contributed by atoms with Gasteiger partial charge in [0.15, 0.2) is 0 Å². The standard InChI is InChI=1S/C14H17ClN6O/c1-21-19-13(18-20-21)17-14(22)16-8-9-6-11(7-9)10-2-4-12(15)5-3-10/h2-5,9,11H,6-8H2,1H3,(H2,16,17,19,22). The summed E-state index contributed by atoms with van der Waals surface area (Å²) in [4.78, 5) is 13.0. The van der Waals surface area contributed by atoms with Crippen molar-refractivity contribution in [1.29, 1.82) is 0 Å². The Kier molecular flexibility index (Phi) is 4.24. The summed E-state index contributed by atoms with van der Waals surface area (Å²) in [5.41, 5.74) is 1.31. The molecular weight excluding hydrogens is 304 g/mol. The predicted octanol–water partition coefficient (Wildman–Crippen LogP) is 2.18. The SMILES string of the molecule is Cn1nnc(NC(=O)NCC2CC(c3ccc(Cl)cc3)C2)n1. The van der Waals surface area contributed by atoms with Crippen molar-refractivity contribution in [2.45, 2.75) is 18.8 Å². The van der Waals surface area contributed by atoms with Crippen molar-refractivity contribution in [3.63, 3.8) is 0 Å². The maximum Gasteiger partial charge on any atom is 0.321 e. The molecule has 2 N–H and O–H groups in total. The number of aryl methyl sites for hydroxylation is 1. The largest absolute Gasteiger partial charge is 0.338 e. The third kappa shape index (κ3) is 3.54. The maximum atomic E-state index is 11.7. The van der Waals surface area contributed by atoms with Gasteiger partial charge in [-0.3, -0.25) is 5.32 Å². The van der Waals surface area contributed by atoms with Crippen LogP contribution >= 0.6 is 11.6 Å². The monoisotopic (exact) mass is 320 g/mol. The van der Waals surface area contributed by atoms with Crippen LogP contribution in [0, 0.1) is 5.92 Å². The highest BCUT2D eigenvalue weighted by Gasteiger charge is 2.30. The van der Waals surface area contributed by atoms with E-state index in [0.717, 1.165) is 17.9 Å². The van der Waals surface area contributed by atoms with Gasteiger partial charge in [0.05, 0.1) is 7.05 Å². The van der Waals surface area contributed by atoms with Crippen molar-refractivity contribution in [1.82, 2.24) is 25.5 Å². The van der Waals surface area contributed by atoms with Crippen LogP contribution in [-0.4, -0.2) is 32.8 Å². The van der Waals surface area contributed by atoms with Gasteiger partial charge in [0.2, 0.25) is 0 Å². The number of halogens is 1. The molecule has 0 aliphatic heterocycles. The number of anilines is 1. The number of aromatic nitrogens is 4. The average molecular weight is 321 g/mol. The van der Waals surface area contributed by atoms with E-state index in [2.05, 4.69) is 38.2 Å². The molecule has 0 saturated heterocycles. The lowest BCUT2D eigenvalue weighted by atomic mass is 9.71. The third-order valence-corrected chi connectivity index (χ3v) is 4.11. The highest BCUT2D eigenvalue weighted by molar-refractivity contribution is 6.30. The first-order chi connectivity index (χ1) is 10.6. The molecule has 0 radical (unpaired) electrons. The lowest BCUT2D eigenvalue weighted by molar-refractivity contribution is 0.233. The Morgan fingerprint density at radius 2 is 2.09 bits per heavy atom. The smallest absolute Gasteiger partial charge is 0.321 e. The molecular formula is C14H17ClN6O. The van der Waals surface area contributed by atoms with Gasteiger partial charge in [-0.1, -0.05) is 28.8 Å². The molecule has 1 heterocycles. The minimum absolute atomic E-state index is 0.202. The Morgan fingerprint density at radius 1 is 1.36 bits per heavy atom. The molecule has 1 aliphatic carbocycles. The molecule has 8 heteroatoms. The number of amides is 2. The van der Waals surface area contributed by atoms with Crippen LogP contribution < -0.4 is 10.6 Å². The topological polar surface area (TPSA) is 84.7 Å². The van der Waals surface area contributed by atoms with E-state index in [-0.39, 0.29) is 12.0 Å². The van der Waals surface area contributed by atoms with Gasteiger partial charge < -0.3 is 5.32 Å². The molecule has 0 atom stereocenters. The van der Waals surface area contributed by atoms with E-state index in [1.165, 1.54) is 10.4 Å². The first-order valence-corrected chi connectivity index (χ1v) is 7.52. The van der Waals surface area contributed by atoms with Crippen molar-refractivity contribution in [3.05, 3.63) is 34.9 Å². The van der Waals surface area contributed by atoms with Gasteiger partial charge in [-0.2, -0.15) is 4.80 Å². The molecule has 7 nitrogen and oxygen atoms in total. The number of rotatable bonds is 4. The molecule has 22 heavy (non-hydrogen) atoms. The van der Waals surface area contributed by atoms with E-state index >= 15 is 0 Å². The molecule has 1 saturated carbocycles. The predicted molar refractivity (Wildman–Crippen MR) is 82.7 cm³/mol. The lowest BCUT2D eigenvalue weighted by Crippen LogP contribution is -2.37. The van der Waals surface area contributed by atoms with Crippen LogP contribution in [0.1, 0.15) is 24.3 Å². The maximum absolute atomic E-state index is 11.7. The number of urea groups is 1. The van der Waals surface area contributed by atoms with Crippen molar-refractivity contribution in [2.75, 3.05) is 11.9 Å². The number of tetrazole rings is 1. The molecule has 2 amide bonds. The summed E-state index contributed by atoms with van der Waals surface area (Å²) in [5, 5.41) is 17.4. The summed E-state index contributed by atoms with van der Waals surface area (Å²) in [6.45, 7) is 0.649. The van der Waals surface area contributed by atoms with Gasteiger partial charge in [-0.05, 0) is 47.6 Å². The number of nitrogens with one attached hydrogen (secondary N) is 2. The summed E-state index contributed by atoms with van der Waals surface area (Å²) in [6, 6.07) is 7.68. The Balaban J connectivity index is 1.39. The minimum atomic E-state index is -0.303. The van der Waals surface area contributed by atoms with E-state index < -0.39 is 0 Å². The fourth-order valence-electron chi connectivity index (χ4n) is 2.63. The zero-order valence-corrected chi connectivity index (χ0v) is 12.9. The summed E-state index contributed by atoms with van der Waals surface area (Å²) < 4.78 is 0. The van der Waals surface area contributed by atoms with Crippen molar-refractivity contribution >= 4 is 23.6 Å². The summed E-state index contributed by atoms with van der Waals surface area (Å²) in [7, 11) is 1.64. The fourth-order valence-corrected chi connectivity index (χ4v) is 2.75. The zero-order valence-electron chi connectivity index (χ0n) is 12.2. The van der Waals surface area contributed by atoms with Crippen molar-refractivity contribution in [3.8, 4) is 0 Å². The first kappa shape index (κ1) is 14.8.